The summed E-state index contributed by atoms with van der Waals surface area (Å²) in [5, 5.41) is 8.68. The Kier molecular flexibility index (Phi) is 3.82. The van der Waals surface area contributed by atoms with Crippen molar-refractivity contribution in [2.75, 3.05) is 6.61 Å². The number of nitrogens with zero attached hydrogens (tertiary/aromatic N) is 2. The lowest BCUT2D eigenvalue weighted by Crippen LogP contribution is -2.21. The molecule has 0 amide bonds. The number of carbonyl (C=O) groups excluding carboxylic acids is 1. The fourth-order valence-corrected chi connectivity index (χ4v) is 2.71. The van der Waals surface area contributed by atoms with Gasteiger partial charge in [-0.15, -0.1) is 0 Å². The molecular formula is C16H12ClFN2O3. The van der Waals surface area contributed by atoms with E-state index in [1.807, 2.05) is 0 Å². The van der Waals surface area contributed by atoms with Crippen molar-refractivity contribution in [3.8, 4) is 6.07 Å². The van der Waals surface area contributed by atoms with E-state index in [9.17, 15) is 14.0 Å². The summed E-state index contributed by atoms with van der Waals surface area (Å²) < 4.78 is 21.0. The molecule has 0 spiro atoms. The zero-order valence-electron chi connectivity index (χ0n) is 12.2. The van der Waals surface area contributed by atoms with E-state index in [0.29, 0.717) is 0 Å². The number of pyridine rings is 1. The van der Waals surface area contributed by atoms with Crippen molar-refractivity contribution < 1.29 is 13.9 Å². The maximum Gasteiger partial charge on any atom is 0.343 e. The lowest BCUT2D eigenvalue weighted by Gasteiger charge is -2.14. The van der Waals surface area contributed by atoms with Crippen LogP contribution in [0.1, 0.15) is 41.7 Å². The first-order valence-corrected chi connectivity index (χ1v) is 7.51. The summed E-state index contributed by atoms with van der Waals surface area (Å²) in [5.41, 5.74) is -0.953. The van der Waals surface area contributed by atoms with Crippen LogP contribution < -0.4 is 5.43 Å². The molecule has 0 N–H and O–H groups in total. The highest BCUT2D eigenvalue weighted by Crippen LogP contribution is 2.39. The standard InChI is InChI=1S/C16H12ClFN2O3/c1-2-23-16(22)11-7-20(9-3-4-9)14-10(15(11)21)5-8(6-19)12(17)13(14)18/h5,7,9H,2-4H2,1H3. The Labute approximate surface area is 135 Å². The topological polar surface area (TPSA) is 72.1 Å². The number of nitriles is 1. The lowest BCUT2D eigenvalue weighted by molar-refractivity contribution is 0.0524. The number of halogens is 2. The number of esters is 1. The molecule has 3 rings (SSSR count). The minimum absolute atomic E-state index is 0.00442. The van der Waals surface area contributed by atoms with Crippen LogP contribution in [0.3, 0.4) is 0 Å². The van der Waals surface area contributed by atoms with Gasteiger partial charge in [0.05, 0.1) is 28.1 Å². The van der Waals surface area contributed by atoms with E-state index < -0.39 is 17.2 Å². The maximum absolute atomic E-state index is 14.6. The summed E-state index contributed by atoms with van der Waals surface area (Å²) >= 11 is 5.87. The molecule has 1 aliphatic rings. The first kappa shape index (κ1) is 15.5. The van der Waals surface area contributed by atoms with E-state index in [4.69, 9.17) is 21.6 Å². The predicted molar refractivity (Wildman–Crippen MR) is 82.1 cm³/mol. The van der Waals surface area contributed by atoms with Gasteiger partial charge in [0.25, 0.3) is 0 Å². The summed E-state index contributed by atoms with van der Waals surface area (Å²) in [6.07, 6.45) is 2.96. The first-order valence-electron chi connectivity index (χ1n) is 7.13. The molecule has 1 fully saturated rings. The highest BCUT2D eigenvalue weighted by atomic mass is 35.5. The highest BCUT2D eigenvalue weighted by molar-refractivity contribution is 6.32. The molecule has 0 aliphatic heterocycles. The molecule has 0 bridgehead atoms. The van der Waals surface area contributed by atoms with Crippen molar-refractivity contribution in [2.45, 2.75) is 25.8 Å². The van der Waals surface area contributed by atoms with Crippen molar-refractivity contribution in [1.29, 1.82) is 5.26 Å². The number of rotatable bonds is 3. The smallest absolute Gasteiger partial charge is 0.343 e. The van der Waals surface area contributed by atoms with Crippen LogP contribution in [-0.4, -0.2) is 17.1 Å². The molecule has 23 heavy (non-hydrogen) atoms. The van der Waals surface area contributed by atoms with E-state index in [1.165, 1.54) is 12.3 Å². The SMILES string of the molecule is CCOC(=O)c1cn(C2CC2)c2c(F)c(Cl)c(C#N)cc2c1=O. The van der Waals surface area contributed by atoms with Gasteiger partial charge >= 0.3 is 5.97 Å². The number of ether oxygens (including phenoxy) is 1. The Morgan fingerprint density at radius 2 is 2.26 bits per heavy atom. The monoisotopic (exact) mass is 334 g/mol. The summed E-state index contributed by atoms with van der Waals surface area (Å²) in [5.74, 6) is -1.58. The number of fused-ring (bicyclic) bond motifs is 1. The molecule has 1 saturated carbocycles. The average Bonchev–Trinajstić information content (AvgIpc) is 3.36. The molecule has 1 aliphatic carbocycles. The molecule has 1 heterocycles. The van der Waals surface area contributed by atoms with Gasteiger partial charge in [-0.1, -0.05) is 11.6 Å². The van der Waals surface area contributed by atoms with Gasteiger partial charge in [-0.3, -0.25) is 4.79 Å². The van der Waals surface area contributed by atoms with Gasteiger partial charge in [0.1, 0.15) is 11.6 Å². The van der Waals surface area contributed by atoms with Crippen LogP contribution >= 0.6 is 11.6 Å². The van der Waals surface area contributed by atoms with Crippen LogP contribution in [-0.2, 0) is 4.74 Å². The third-order valence-electron chi connectivity index (χ3n) is 3.75. The third-order valence-corrected chi connectivity index (χ3v) is 4.12. The van der Waals surface area contributed by atoms with E-state index in [2.05, 4.69) is 0 Å². The number of benzene rings is 1. The number of carbonyl (C=O) groups is 1. The number of aromatic nitrogens is 1. The van der Waals surface area contributed by atoms with Gasteiger partial charge in [0.2, 0.25) is 5.43 Å². The largest absolute Gasteiger partial charge is 0.462 e. The number of hydrogen-bond donors (Lipinski definition) is 0. The number of hydrogen-bond acceptors (Lipinski definition) is 4. The summed E-state index contributed by atoms with van der Waals surface area (Å²) in [4.78, 5) is 24.5. The van der Waals surface area contributed by atoms with Crippen molar-refractivity contribution >= 4 is 28.5 Å². The van der Waals surface area contributed by atoms with Crippen LogP contribution in [0.25, 0.3) is 10.9 Å². The molecule has 0 radical (unpaired) electrons. The lowest BCUT2D eigenvalue weighted by atomic mass is 10.1. The van der Waals surface area contributed by atoms with Gasteiger partial charge in [0, 0.05) is 12.2 Å². The molecule has 2 aromatic rings. The second-order valence-electron chi connectivity index (χ2n) is 5.29. The second kappa shape index (κ2) is 5.67. The summed E-state index contributed by atoms with van der Waals surface area (Å²) in [7, 11) is 0. The summed E-state index contributed by atoms with van der Waals surface area (Å²) in [6, 6.07) is 2.99. The fraction of sp³-hybridized carbons (Fsp3) is 0.312. The van der Waals surface area contributed by atoms with E-state index in [-0.39, 0.29) is 39.7 Å². The molecule has 5 nitrogen and oxygen atoms in total. The predicted octanol–water partition coefficient (Wildman–Crippen LogP) is 3.18. The van der Waals surface area contributed by atoms with Gasteiger partial charge < -0.3 is 9.30 Å². The van der Waals surface area contributed by atoms with Crippen molar-refractivity contribution in [1.82, 2.24) is 4.57 Å². The van der Waals surface area contributed by atoms with Gasteiger partial charge in [-0.05, 0) is 25.8 Å². The Morgan fingerprint density at radius 3 is 2.83 bits per heavy atom. The molecule has 0 atom stereocenters. The van der Waals surface area contributed by atoms with Crippen molar-refractivity contribution in [3.63, 3.8) is 0 Å². The minimum Gasteiger partial charge on any atom is -0.462 e. The normalized spacial score (nSPS) is 13.8. The van der Waals surface area contributed by atoms with Crippen LogP contribution in [0.4, 0.5) is 4.39 Å². The van der Waals surface area contributed by atoms with Crippen LogP contribution in [0, 0.1) is 17.1 Å². The Balaban J connectivity index is 2.41. The molecule has 1 aromatic carbocycles. The molecule has 0 unspecified atom stereocenters. The molecule has 1 aromatic heterocycles. The van der Waals surface area contributed by atoms with Crippen LogP contribution in [0.2, 0.25) is 5.02 Å². The van der Waals surface area contributed by atoms with E-state index in [0.717, 1.165) is 12.8 Å². The Hall–Kier alpha value is -2.39. The van der Waals surface area contributed by atoms with E-state index in [1.54, 1.807) is 17.6 Å². The molecule has 0 saturated heterocycles. The van der Waals surface area contributed by atoms with Gasteiger partial charge in [0.15, 0.2) is 5.82 Å². The Morgan fingerprint density at radius 1 is 1.57 bits per heavy atom. The molecule has 7 heteroatoms. The van der Waals surface area contributed by atoms with E-state index >= 15 is 0 Å². The third kappa shape index (κ3) is 2.47. The van der Waals surface area contributed by atoms with Crippen molar-refractivity contribution in [3.05, 3.63) is 44.5 Å². The zero-order valence-corrected chi connectivity index (χ0v) is 13.0. The minimum atomic E-state index is -0.819. The molecule has 118 valence electrons. The maximum atomic E-state index is 14.6. The summed E-state index contributed by atoms with van der Waals surface area (Å²) in [6.45, 7) is 1.75. The van der Waals surface area contributed by atoms with Crippen LogP contribution in [0.5, 0.6) is 0 Å². The van der Waals surface area contributed by atoms with Gasteiger partial charge in [-0.25, -0.2) is 9.18 Å². The zero-order chi connectivity index (χ0) is 16.7. The highest BCUT2D eigenvalue weighted by Gasteiger charge is 2.29. The Bertz CT molecular complexity index is 926. The van der Waals surface area contributed by atoms with Crippen molar-refractivity contribution in [2.24, 2.45) is 0 Å². The molecular weight excluding hydrogens is 323 g/mol. The van der Waals surface area contributed by atoms with Gasteiger partial charge in [-0.2, -0.15) is 5.26 Å². The fourth-order valence-electron chi connectivity index (χ4n) is 2.53. The average molecular weight is 335 g/mol. The first-order chi connectivity index (χ1) is 11.0. The van der Waals surface area contributed by atoms with Crippen LogP contribution in [0.15, 0.2) is 17.1 Å². The second-order valence-corrected chi connectivity index (χ2v) is 5.67. The quantitative estimate of drug-likeness (QED) is 0.808.